The highest BCUT2D eigenvalue weighted by Gasteiger charge is 2.46. The van der Waals surface area contributed by atoms with Crippen molar-refractivity contribution in [2.75, 3.05) is 0 Å². The Morgan fingerprint density at radius 2 is 1.65 bits per heavy atom. The lowest BCUT2D eigenvalue weighted by atomic mass is 9.83. The van der Waals surface area contributed by atoms with E-state index in [4.69, 9.17) is 0 Å². The Balaban J connectivity index is 1.74. The first-order chi connectivity index (χ1) is 9.78. The SMILES string of the molecule is OC(c1ccccc1)(c1ccc(C2CC2)nc1)C1CC1. The van der Waals surface area contributed by atoms with Crippen molar-refractivity contribution in [3.05, 3.63) is 65.5 Å². The average molecular weight is 265 g/mol. The summed E-state index contributed by atoms with van der Waals surface area (Å²) in [7, 11) is 0. The molecule has 0 bridgehead atoms. The summed E-state index contributed by atoms with van der Waals surface area (Å²) in [6, 6.07) is 14.2. The minimum Gasteiger partial charge on any atom is -0.380 e. The highest BCUT2D eigenvalue weighted by atomic mass is 16.3. The molecule has 2 nitrogen and oxygen atoms in total. The maximum atomic E-state index is 11.3. The molecule has 2 fully saturated rings. The van der Waals surface area contributed by atoms with Crippen molar-refractivity contribution in [3.63, 3.8) is 0 Å². The zero-order chi connectivity index (χ0) is 13.6. The van der Waals surface area contributed by atoms with Gasteiger partial charge in [0, 0.05) is 23.4 Å². The Kier molecular flexibility index (Phi) is 2.67. The fourth-order valence-electron chi connectivity index (χ4n) is 3.08. The zero-order valence-corrected chi connectivity index (χ0v) is 11.5. The van der Waals surface area contributed by atoms with Gasteiger partial charge in [0.15, 0.2) is 0 Å². The Bertz CT molecular complexity index is 599. The van der Waals surface area contributed by atoms with Crippen molar-refractivity contribution in [2.24, 2.45) is 5.92 Å². The van der Waals surface area contributed by atoms with Crippen LogP contribution in [0.1, 0.15) is 48.4 Å². The molecule has 1 heterocycles. The molecule has 2 saturated carbocycles. The van der Waals surface area contributed by atoms with Crippen LogP contribution in [0.4, 0.5) is 0 Å². The molecule has 102 valence electrons. The highest BCUT2D eigenvalue weighted by molar-refractivity contribution is 5.38. The molecule has 2 aromatic rings. The van der Waals surface area contributed by atoms with E-state index in [1.807, 2.05) is 36.5 Å². The number of nitrogens with zero attached hydrogens (tertiary/aromatic N) is 1. The molecule has 0 saturated heterocycles. The molecular formula is C18H19NO. The molecule has 0 aliphatic heterocycles. The molecule has 0 radical (unpaired) electrons. The average Bonchev–Trinajstić information content (AvgIpc) is 3.40. The Morgan fingerprint density at radius 3 is 2.20 bits per heavy atom. The van der Waals surface area contributed by atoms with Gasteiger partial charge in [-0.25, -0.2) is 0 Å². The molecule has 20 heavy (non-hydrogen) atoms. The van der Waals surface area contributed by atoms with E-state index in [-0.39, 0.29) is 0 Å². The predicted molar refractivity (Wildman–Crippen MR) is 78.4 cm³/mol. The lowest BCUT2D eigenvalue weighted by molar-refractivity contribution is 0.0560. The zero-order valence-electron chi connectivity index (χ0n) is 11.5. The second-order valence-corrected chi connectivity index (χ2v) is 6.15. The number of pyridine rings is 1. The van der Waals surface area contributed by atoms with Crippen LogP contribution in [0.2, 0.25) is 0 Å². The number of hydrogen-bond acceptors (Lipinski definition) is 2. The van der Waals surface area contributed by atoms with Crippen molar-refractivity contribution < 1.29 is 5.11 Å². The van der Waals surface area contributed by atoms with Crippen molar-refractivity contribution in [3.8, 4) is 0 Å². The summed E-state index contributed by atoms with van der Waals surface area (Å²) in [5.74, 6) is 0.994. The van der Waals surface area contributed by atoms with Gasteiger partial charge >= 0.3 is 0 Å². The summed E-state index contributed by atoms with van der Waals surface area (Å²) < 4.78 is 0. The first kappa shape index (κ1) is 12.1. The standard InChI is InChI=1S/C18H19NO/c20-18(15-8-9-15,14-4-2-1-3-5-14)16-10-11-17(19-12-16)13-6-7-13/h1-5,10-13,15,20H,6-9H2. The van der Waals surface area contributed by atoms with E-state index in [1.165, 1.54) is 18.5 Å². The minimum absolute atomic E-state index is 0.332. The molecule has 1 aromatic carbocycles. The Labute approximate surface area is 119 Å². The van der Waals surface area contributed by atoms with E-state index in [0.29, 0.717) is 11.8 Å². The summed E-state index contributed by atoms with van der Waals surface area (Å²) in [5.41, 5.74) is 2.25. The lowest BCUT2D eigenvalue weighted by Crippen LogP contribution is -2.30. The van der Waals surface area contributed by atoms with E-state index in [2.05, 4.69) is 17.1 Å². The molecular weight excluding hydrogens is 246 g/mol. The number of hydrogen-bond donors (Lipinski definition) is 1. The predicted octanol–water partition coefficient (Wildman–Crippen LogP) is 3.60. The van der Waals surface area contributed by atoms with Crippen molar-refractivity contribution >= 4 is 0 Å². The van der Waals surface area contributed by atoms with Crippen LogP contribution in [-0.2, 0) is 5.60 Å². The van der Waals surface area contributed by atoms with Crippen LogP contribution < -0.4 is 0 Å². The molecule has 1 N–H and O–H groups in total. The van der Waals surface area contributed by atoms with Crippen molar-refractivity contribution in [2.45, 2.75) is 37.2 Å². The third-order valence-electron chi connectivity index (χ3n) is 4.60. The maximum absolute atomic E-state index is 11.3. The van der Waals surface area contributed by atoms with Gasteiger partial charge in [-0.05, 0) is 43.2 Å². The fourth-order valence-corrected chi connectivity index (χ4v) is 3.08. The molecule has 0 amide bonds. The first-order valence-electron chi connectivity index (χ1n) is 7.53. The summed E-state index contributed by atoms with van der Waals surface area (Å²) in [4.78, 5) is 4.58. The molecule has 0 spiro atoms. The third-order valence-corrected chi connectivity index (χ3v) is 4.60. The monoisotopic (exact) mass is 265 g/mol. The lowest BCUT2D eigenvalue weighted by Gasteiger charge is -2.29. The molecule has 2 aliphatic rings. The van der Waals surface area contributed by atoms with Crippen LogP contribution in [0.3, 0.4) is 0 Å². The van der Waals surface area contributed by atoms with E-state index in [9.17, 15) is 5.11 Å². The number of aliphatic hydroxyl groups is 1. The number of aromatic nitrogens is 1. The normalized spacial score (nSPS) is 21.4. The van der Waals surface area contributed by atoms with Crippen LogP contribution in [0, 0.1) is 5.92 Å². The van der Waals surface area contributed by atoms with E-state index < -0.39 is 5.60 Å². The largest absolute Gasteiger partial charge is 0.380 e. The van der Waals surface area contributed by atoms with Gasteiger partial charge in [-0.1, -0.05) is 36.4 Å². The van der Waals surface area contributed by atoms with Crippen molar-refractivity contribution in [1.29, 1.82) is 0 Å². The van der Waals surface area contributed by atoms with Gasteiger partial charge in [0.1, 0.15) is 5.60 Å². The van der Waals surface area contributed by atoms with Gasteiger partial charge in [-0.3, -0.25) is 4.98 Å². The Hall–Kier alpha value is -1.67. The van der Waals surface area contributed by atoms with Gasteiger partial charge in [0.05, 0.1) is 0 Å². The topological polar surface area (TPSA) is 33.1 Å². The Morgan fingerprint density at radius 1 is 0.900 bits per heavy atom. The quantitative estimate of drug-likeness (QED) is 0.916. The molecule has 1 unspecified atom stereocenters. The van der Waals surface area contributed by atoms with Crippen LogP contribution in [0.25, 0.3) is 0 Å². The maximum Gasteiger partial charge on any atom is 0.119 e. The summed E-state index contributed by atoms with van der Waals surface area (Å²) in [6.07, 6.45) is 6.60. The molecule has 1 aromatic heterocycles. The van der Waals surface area contributed by atoms with Crippen molar-refractivity contribution in [1.82, 2.24) is 4.98 Å². The minimum atomic E-state index is -0.865. The van der Waals surface area contributed by atoms with E-state index in [1.54, 1.807) is 0 Å². The number of benzene rings is 1. The fraction of sp³-hybridized carbons (Fsp3) is 0.389. The number of rotatable bonds is 4. The summed E-state index contributed by atoms with van der Waals surface area (Å²) in [6.45, 7) is 0. The van der Waals surface area contributed by atoms with Gasteiger partial charge in [-0.2, -0.15) is 0 Å². The highest BCUT2D eigenvalue weighted by Crippen LogP contribution is 2.49. The van der Waals surface area contributed by atoms with Gasteiger partial charge in [0.2, 0.25) is 0 Å². The molecule has 4 rings (SSSR count). The van der Waals surface area contributed by atoms with Crippen LogP contribution >= 0.6 is 0 Å². The van der Waals surface area contributed by atoms with Crippen LogP contribution in [-0.4, -0.2) is 10.1 Å². The van der Waals surface area contributed by atoms with E-state index >= 15 is 0 Å². The smallest absolute Gasteiger partial charge is 0.119 e. The van der Waals surface area contributed by atoms with Gasteiger partial charge in [0.25, 0.3) is 0 Å². The molecule has 2 heteroatoms. The molecule has 1 atom stereocenters. The van der Waals surface area contributed by atoms with Crippen LogP contribution in [0.15, 0.2) is 48.7 Å². The second kappa shape index (κ2) is 4.42. The first-order valence-corrected chi connectivity index (χ1v) is 7.53. The molecule has 2 aliphatic carbocycles. The summed E-state index contributed by atoms with van der Waals surface area (Å²) in [5, 5.41) is 11.3. The summed E-state index contributed by atoms with van der Waals surface area (Å²) >= 11 is 0. The van der Waals surface area contributed by atoms with Gasteiger partial charge < -0.3 is 5.11 Å². The van der Waals surface area contributed by atoms with E-state index in [0.717, 1.165) is 24.0 Å². The van der Waals surface area contributed by atoms with Gasteiger partial charge in [-0.15, -0.1) is 0 Å². The second-order valence-electron chi connectivity index (χ2n) is 6.15. The third kappa shape index (κ3) is 1.95. The van der Waals surface area contributed by atoms with Crippen LogP contribution in [0.5, 0.6) is 0 Å².